The highest BCUT2D eigenvalue weighted by molar-refractivity contribution is 6.15. The van der Waals surface area contributed by atoms with Gasteiger partial charge in [-0.2, -0.15) is 0 Å². The summed E-state index contributed by atoms with van der Waals surface area (Å²) in [6, 6.07) is 0. The molecule has 3 nitrogen and oxygen atoms in total. The van der Waals surface area contributed by atoms with E-state index in [2.05, 4.69) is 4.12 Å². The Labute approximate surface area is 73.5 Å². The number of hydrogen-bond acceptors (Lipinski definition) is 3. The maximum atomic E-state index is 10.5. The van der Waals surface area contributed by atoms with Gasteiger partial charge in [0.2, 0.25) is 0 Å². The van der Waals surface area contributed by atoms with Crippen LogP contribution in [0.5, 0.6) is 0 Å². The van der Waals surface area contributed by atoms with Gasteiger partial charge in [0.1, 0.15) is 21.0 Å². The normalized spacial score (nSPS) is 18.0. The molecule has 11 heavy (non-hydrogen) atoms. The zero-order valence-corrected chi connectivity index (χ0v) is 11.3. The summed E-state index contributed by atoms with van der Waals surface area (Å²) < 4.78 is 9.29. The van der Waals surface area contributed by atoms with E-state index in [1.807, 2.05) is 0 Å². The Balaban J connectivity index is 0.000000292. The number of carbonyl (C=O) groups is 1. The average molecular weight is 192 g/mol. The van der Waals surface area contributed by atoms with Crippen LogP contribution in [0.25, 0.3) is 0 Å². The first-order valence-electron chi connectivity index (χ1n) is 3.87. The number of cyclic esters (lactones) is 1. The number of carbonyl (C=O) groups excluding carboxylic acids is 1. The lowest BCUT2D eigenvalue weighted by Gasteiger charge is -1.93. The first-order chi connectivity index (χ1) is 5.31. The Morgan fingerprint density at radius 3 is 2.55 bits per heavy atom. The summed E-state index contributed by atoms with van der Waals surface area (Å²) in [5.41, 5.74) is 0. The molecule has 0 aromatic heterocycles. The van der Waals surface area contributed by atoms with Crippen molar-refractivity contribution in [2.45, 2.75) is 25.7 Å². The number of rotatable bonds is 0. The molecule has 0 bridgehead atoms. The van der Waals surface area contributed by atoms with Gasteiger partial charge in [0.05, 0.1) is 6.61 Å². The molecule has 66 valence electrons. The monoisotopic (exact) mass is 192 g/mol. The Morgan fingerprint density at radius 2 is 1.91 bits per heavy atom. The van der Waals surface area contributed by atoms with Crippen LogP contribution in [-0.4, -0.2) is 33.5 Å². The third-order valence-electron chi connectivity index (χ3n) is 1.29. The van der Waals surface area contributed by atoms with E-state index in [1.54, 1.807) is 0 Å². The maximum absolute atomic E-state index is 10.5. The van der Waals surface area contributed by atoms with Gasteiger partial charge in [0.25, 0.3) is 0 Å². The summed E-state index contributed by atoms with van der Waals surface area (Å²) in [6.07, 6.45) is 3.83. The lowest BCUT2D eigenvalue weighted by molar-refractivity contribution is -0.142. The minimum absolute atomic E-state index is 0.0255. The summed E-state index contributed by atoms with van der Waals surface area (Å²) in [5.74, 6) is -0.0255. The fraction of sp³-hybridized carbons (Fsp3) is 0.833. The van der Waals surface area contributed by atoms with Gasteiger partial charge in [-0.1, -0.05) is 0 Å². The molecular weight excluding hydrogens is 176 g/mol. The topological polar surface area (TPSA) is 35.5 Å². The second-order valence-electron chi connectivity index (χ2n) is 2.44. The summed E-state index contributed by atoms with van der Waals surface area (Å²) in [6.45, 7) is 0.638. The molecule has 1 rings (SSSR count). The predicted octanol–water partition coefficient (Wildman–Crippen LogP) is -1.33. The SMILES string of the molecule is O=C1CCCCCO1.[SiH3]O[SiH3]. The fourth-order valence-corrected chi connectivity index (χ4v) is 0.806. The Hall–Kier alpha value is -0.136. The minimum Gasteiger partial charge on any atom is -0.471 e. The van der Waals surface area contributed by atoms with E-state index >= 15 is 0 Å². The van der Waals surface area contributed by atoms with E-state index in [0.717, 1.165) is 40.2 Å². The van der Waals surface area contributed by atoms with Crippen molar-refractivity contribution >= 4 is 26.9 Å². The van der Waals surface area contributed by atoms with Gasteiger partial charge in [0.15, 0.2) is 0 Å². The van der Waals surface area contributed by atoms with Crippen LogP contribution in [0.1, 0.15) is 25.7 Å². The molecule has 0 unspecified atom stereocenters. The van der Waals surface area contributed by atoms with Gasteiger partial charge >= 0.3 is 5.97 Å². The molecule has 1 saturated heterocycles. The van der Waals surface area contributed by atoms with E-state index in [4.69, 9.17) is 4.74 Å². The van der Waals surface area contributed by atoms with Crippen LogP contribution in [-0.2, 0) is 13.6 Å². The molecule has 0 spiro atoms. The first kappa shape index (κ1) is 10.9. The molecule has 1 fully saturated rings. The molecule has 0 amide bonds. The zero-order chi connectivity index (χ0) is 8.53. The minimum atomic E-state index is -0.0255. The molecule has 1 aliphatic heterocycles. The van der Waals surface area contributed by atoms with Crippen LogP contribution in [0.15, 0.2) is 0 Å². The second-order valence-corrected chi connectivity index (χ2v) is 5.71. The predicted molar refractivity (Wildman–Crippen MR) is 50.4 cm³/mol. The summed E-state index contributed by atoms with van der Waals surface area (Å²) in [5, 5.41) is 0. The van der Waals surface area contributed by atoms with Crippen molar-refractivity contribution in [3.63, 3.8) is 0 Å². The van der Waals surface area contributed by atoms with Gasteiger partial charge in [-0.05, 0) is 19.3 Å². The number of hydrogen-bond donors (Lipinski definition) is 0. The lowest BCUT2D eigenvalue weighted by atomic mass is 10.2. The second kappa shape index (κ2) is 7.97. The van der Waals surface area contributed by atoms with Crippen LogP contribution in [0, 0.1) is 0 Å². The van der Waals surface area contributed by atoms with E-state index in [0.29, 0.717) is 13.0 Å². The Bertz CT molecular complexity index is 98.0. The van der Waals surface area contributed by atoms with E-state index in [-0.39, 0.29) is 5.97 Å². The van der Waals surface area contributed by atoms with Gasteiger partial charge in [-0.25, -0.2) is 0 Å². The van der Waals surface area contributed by atoms with Crippen molar-refractivity contribution in [1.29, 1.82) is 0 Å². The van der Waals surface area contributed by atoms with Gasteiger partial charge in [0, 0.05) is 6.42 Å². The average Bonchev–Trinajstić information content (AvgIpc) is 2.18. The van der Waals surface area contributed by atoms with Crippen LogP contribution in [0.4, 0.5) is 0 Å². The third kappa shape index (κ3) is 7.76. The van der Waals surface area contributed by atoms with Gasteiger partial charge in [-0.3, -0.25) is 4.79 Å². The molecule has 0 aromatic carbocycles. The molecule has 1 heterocycles. The van der Waals surface area contributed by atoms with Crippen molar-refractivity contribution in [3.8, 4) is 0 Å². The van der Waals surface area contributed by atoms with Crippen LogP contribution >= 0.6 is 0 Å². The highest BCUT2D eigenvalue weighted by atomic mass is 28.3. The van der Waals surface area contributed by atoms with Crippen molar-refractivity contribution in [2.24, 2.45) is 0 Å². The standard InChI is InChI=1S/C6H10O2.H6OSi2/c7-6-4-2-1-3-5-8-6;2-1-3/h1-5H2;2-3H3. The van der Waals surface area contributed by atoms with Crippen LogP contribution in [0.3, 0.4) is 0 Å². The molecule has 0 radical (unpaired) electrons. The van der Waals surface area contributed by atoms with Gasteiger partial charge in [-0.15, -0.1) is 0 Å². The third-order valence-corrected chi connectivity index (χ3v) is 1.29. The van der Waals surface area contributed by atoms with E-state index in [9.17, 15) is 4.79 Å². The highest BCUT2D eigenvalue weighted by Crippen LogP contribution is 2.06. The van der Waals surface area contributed by atoms with Gasteiger partial charge < -0.3 is 8.85 Å². The van der Waals surface area contributed by atoms with Crippen molar-refractivity contribution in [3.05, 3.63) is 0 Å². The first-order valence-corrected chi connectivity index (χ1v) is 5.50. The smallest absolute Gasteiger partial charge is 0.305 e. The van der Waals surface area contributed by atoms with Crippen molar-refractivity contribution in [2.75, 3.05) is 6.61 Å². The molecule has 0 atom stereocenters. The fourth-order valence-electron chi connectivity index (χ4n) is 0.806. The molecular formula is C6H16O3Si2. The largest absolute Gasteiger partial charge is 0.471 e. The lowest BCUT2D eigenvalue weighted by Crippen LogP contribution is -2.00. The Kier molecular flexibility index (Phi) is 7.87. The van der Waals surface area contributed by atoms with Crippen LogP contribution in [0.2, 0.25) is 0 Å². The summed E-state index contributed by atoms with van der Waals surface area (Å²) in [4.78, 5) is 10.5. The molecule has 1 aliphatic rings. The molecule has 5 heteroatoms. The maximum Gasteiger partial charge on any atom is 0.305 e. The van der Waals surface area contributed by atoms with Crippen molar-refractivity contribution in [1.82, 2.24) is 0 Å². The molecule has 0 N–H and O–H groups in total. The van der Waals surface area contributed by atoms with E-state index < -0.39 is 0 Å². The van der Waals surface area contributed by atoms with E-state index in [1.165, 1.54) is 0 Å². The zero-order valence-electron chi connectivity index (χ0n) is 7.26. The molecule has 0 aliphatic carbocycles. The van der Waals surface area contributed by atoms with Crippen molar-refractivity contribution < 1.29 is 13.6 Å². The Morgan fingerprint density at radius 1 is 1.27 bits per heavy atom. The highest BCUT2D eigenvalue weighted by Gasteiger charge is 2.05. The summed E-state index contributed by atoms with van der Waals surface area (Å²) in [7, 11) is 1.86. The quantitative estimate of drug-likeness (QED) is 0.352. The number of ether oxygens (including phenoxy) is 1. The number of esters is 1. The molecule has 0 aromatic rings. The van der Waals surface area contributed by atoms with Crippen LogP contribution < -0.4 is 0 Å². The summed E-state index contributed by atoms with van der Waals surface area (Å²) >= 11 is 0. The molecule has 0 saturated carbocycles.